The maximum atomic E-state index is 12.7. The van der Waals surface area contributed by atoms with Crippen molar-refractivity contribution in [1.29, 1.82) is 0 Å². The Hall–Kier alpha value is -3.26. The molecule has 0 aliphatic carbocycles. The molecule has 1 amide bonds. The third-order valence-corrected chi connectivity index (χ3v) is 8.09. The molecule has 194 valence electrons. The number of sulfonamides is 1. The number of nitrogens with one attached hydrogen (secondary N) is 1. The maximum Gasteiger partial charge on any atom is 0.240 e. The molecule has 6 nitrogen and oxygen atoms in total. The first-order valence-corrected chi connectivity index (χ1v) is 14.3. The number of benzene rings is 3. The van der Waals surface area contributed by atoms with Gasteiger partial charge in [0.2, 0.25) is 15.9 Å². The van der Waals surface area contributed by atoms with Crippen LogP contribution in [0.5, 0.6) is 0 Å². The number of hydrogen-bond donors (Lipinski definition) is 1. The van der Waals surface area contributed by atoms with Gasteiger partial charge in [0.15, 0.2) is 0 Å². The molecule has 1 fully saturated rings. The minimum Gasteiger partial charge on any atom is -0.340 e. The summed E-state index contributed by atoms with van der Waals surface area (Å²) in [5.41, 5.74) is 3.24. The van der Waals surface area contributed by atoms with Gasteiger partial charge in [-0.15, -0.1) is 0 Å². The van der Waals surface area contributed by atoms with Crippen LogP contribution in [0.15, 0.2) is 95.9 Å². The summed E-state index contributed by atoms with van der Waals surface area (Å²) in [6, 6.07) is 26.9. The minimum atomic E-state index is -3.56. The zero-order chi connectivity index (χ0) is 25.9. The van der Waals surface area contributed by atoms with Gasteiger partial charge in [0, 0.05) is 45.7 Å². The van der Waals surface area contributed by atoms with E-state index in [1.165, 1.54) is 5.56 Å². The van der Waals surface area contributed by atoms with Crippen LogP contribution in [-0.4, -0.2) is 63.4 Å². The Labute approximate surface area is 220 Å². The average molecular weight is 518 g/mol. The number of carbonyl (C=O) groups is 1. The summed E-state index contributed by atoms with van der Waals surface area (Å²) in [6.07, 6.45) is 5.97. The smallest absolute Gasteiger partial charge is 0.240 e. The van der Waals surface area contributed by atoms with Gasteiger partial charge in [-0.1, -0.05) is 84.9 Å². The summed E-state index contributed by atoms with van der Waals surface area (Å²) >= 11 is 0. The second-order valence-corrected chi connectivity index (χ2v) is 11.0. The van der Waals surface area contributed by atoms with Gasteiger partial charge in [-0.2, -0.15) is 0 Å². The molecule has 7 heteroatoms. The summed E-state index contributed by atoms with van der Waals surface area (Å²) in [5, 5.41) is 0. The SMILES string of the molecule is O=C(CCc1ccc(S(=O)(=O)NCCc2ccccc2)cc1)N1CCN(C/C=C/c2ccccc2)CC1. The molecule has 3 aromatic carbocycles. The maximum absolute atomic E-state index is 12.7. The Morgan fingerprint density at radius 3 is 2.08 bits per heavy atom. The molecule has 0 unspecified atom stereocenters. The minimum absolute atomic E-state index is 0.152. The van der Waals surface area contributed by atoms with E-state index in [2.05, 4.69) is 33.9 Å². The fourth-order valence-corrected chi connectivity index (χ4v) is 5.42. The van der Waals surface area contributed by atoms with E-state index in [1.54, 1.807) is 24.3 Å². The van der Waals surface area contributed by atoms with Crippen molar-refractivity contribution < 1.29 is 13.2 Å². The molecule has 4 rings (SSSR count). The molecule has 0 aromatic heterocycles. The predicted molar refractivity (Wildman–Crippen MR) is 149 cm³/mol. The monoisotopic (exact) mass is 517 g/mol. The van der Waals surface area contributed by atoms with Crippen LogP contribution in [0.2, 0.25) is 0 Å². The highest BCUT2D eigenvalue weighted by Crippen LogP contribution is 2.14. The summed E-state index contributed by atoms with van der Waals surface area (Å²) < 4.78 is 27.8. The van der Waals surface area contributed by atoms with E-state index in [9.17, 15) is 13.2 Å². The van der Waals surface area contributed by atoms with Crippen LogP contribution >= 0.6 is 0 Å². The van der Waals surface area contributed by atoms with Crippen molar-refractivity contribution in [3.05, 3.63) is 108 Å². The molecule has 37 heavy (non-hydrogen) atoms. The second kappa shape index (κ2) is 13.3. The van der Waals surface area contributed by atoms with Crippen LogP contribution in [0.4, 0.5) is 0 Å². The molecule has 1 aliphatic heterocycles. The lowest BCUT2D eigenvalue weighted by Crippen LogP contribution is -2.48. The van der Waals surface area contributed by atoms with Crippen molar-refractivity contribution in [2.45, 2.75) is 24.2 Å². The van der Waals surface area contributed by atoms with Crippen molar-refractivity contribution in [2.24, 2.45) is 0 Å². The molecule has 1 N–H and O–H groups in total. The number of aryl methyl sites for hydroxylation is 1. The van der Waals surface area contributed by atoms with E-state index in [4.69, 9.17) is 0 Å². The lowest BCUT2D eigenvalue weighted by molar-refractivity contribution is -0.132. The van der Waals surface area contributed by atoms with Crippen LogP contribution in [0.25, 0.3) is 6.08 Å². The highest BCUT2D eigenvalue weighted by molar-refractivity contribution is 7.89. The van der Waals surface area contributed by atoms with E-state index >= 15 is 0 Å². The first kappa shape index (κ1) is 26.8. The first-order chi connectivity index (χ1) is 18.0. The predicted octanol–water partition coefficient (Wildman–Crippen LogP) is 4.00. The van der Waals surface area contributed by atoms with Crippen molar-refractivity contribution in [3.63, 3.8) is 0 Å². The summed E-state index contributed by atoms with van der Waals surface area (Å²) in [7, 11) is -3.56. The van der Waals surface area contributed by atoms with Gasteiger partial charge in [0.05, 0.1) is 4.90 Å². The Morgan fingerprint density at radius 2 is 1.41 bits per heavy atom. The highest BCUT2D eigenvalue weighted by Gasteiger charge is 2.20. The van der Waals surface area contributed by atoms with Crippen molar-refractivity contribution in [1.82, 2.24) is 14.5 Å². The molecule has 1 heterocycles. The van der Waals surface area contributed by atoms with Crippen molar-refractivity contribution in [3.8, 4) is 0 Å². The van der Waals surface area contributed by atoms with Gasteiger partial charge in [-0.25, -0.2) is 13.1 Å². The van der Waals surface area contributed by atoms with Gasteiger partial charge >= 0.3 is 0 Å². The van der Waals surface area contributed by atoms with Gasteiger partial charge in [0.1, 0.15) is 0 Å². The second-order valence-electron chi connectivity index (χ2n) is 9.27. The molecule has 0 bridgehead atoms. The lowest BCUT2D eigenvalue weighted by Gasteiger charge is -2.34. The Morgan fingerprint density at radius 1 is 0.784 bits per heavy atom. The van der Waals surface area contributed by atoms with E-state index < -0.39 is 10.0 Å². The quantitative estimate of drug-likeness (QED) is 0.418. The summed E-state index contributed by atoms with van der Waals surface area (Å²) in [6.45, 7) is 4.45. The third kappa shape index (κ3) is 8.39. The van der Waals surface area contributed by atoms with E-state index in [0.717, 1.165) is 43.9 Å². The Kier molecular flexibility index (Phi) is 9.65. The highest BCUT2D eigenvalue weighted by atomic mass is 32.2. The zero-order valence-electron chi connectivity index (χ0n) is 21.1. The Balaban J connectivity index is 1.17. The number of piperazine rings is 1. The summed E-state index contributed by atoms with van der Waals surface area (Å²) in [5.74, 6) is 0.152. The molecule has 0 spiro atoms. The fraction of sp³-hybridized carbons (Fsp3) is 0.300. The standard InChI is InChI=1S/C30H35N3O3S/c34-30(33-24-22-32(23-25-33)21-7-12-26-8-3-1-4-9-26)18-15-28-13-16-29(17-14-28)37(35,36)31-20-19-27-10-5-2-6-11-27/h1-14,16-17,31H,15,18-25H2/b12-7+. The van der Waals surface area contributed by atoms with Gasteiger partial charge < -0.3 is 4.90 Å². The van der Waals surface area contributed by atoms with E-state index in [-0.39, 0.29) is 10.8 Å². The average Bonchev–Trinajstić information content (AvgIpc) is 2.93. The molecule has 1 aliphatic rings. The molecule has 0 atom stereocenters. The van der Waals surface area contributed by atoms with Crippen molar-refractivity contribution >= 4 is 22.0 Å². The van der Waals surface area contributed by atoms with E-state index in [1.807, 2.05) is 53.4 Å². The van der Waals surface area contributed by atoms with Crippen LogP contribution in [0.3, 0.4) is 0 Å². The lowest BCUT2D eigenvalue weighted by atomic mass is 10.1. The third-order valence-electron chi connectivity index (χ3n) is 6.61. The zero-order valence-corrected chi connectivity index (χ0v) is 21.9. The van der Waals surface area contributed by atoms with Crippen LogP contribution in [-0.2, 0) is 27.7 Å². The van der Waals surface area contributed by atoms with Crippen LogP contribution in [0, 0.1) is 0 Å². The topological polar surface area (TPSA) is 69.7 Å². The number of rotatable bonds is 11. The largest absolute Gasteiger partial charge is 0.340 e. The summed E-state index contributed by atoms with van der Waals surface area (Å²) in [4.78, 5) is 17.3. The molecule has 0 radical (unpaired) electrons. The van der Waals surface area contributed by atoms with Gasteiger partial charge in [-0.3, -0.25) is 9.69 Å². The first-order valence-electron chi connectivity index (χ1n) is 12.8. The Bertz CT molecular complexity index is 1250. The number of hydrogen-bond acceptors (Lipinski definition) is 4. The number of amides is 1. The molecular weight excluding hydrogens is 482 g/mol. The number of nitrogens with zero attached hydrogens (tertiary/aromatic N) is 2. The van der Waals surface area contributed by atoms with Crippen LogP contribution < -0.4 is 4.72 Å². The van der Waals surface area contributed by atoms with Gasteiger partial charge in [0.25, 0.3) is 0 Å². The molecular formula is C30H35N3O3S. The van der Waals surface area contributed by atoms with Gasteiger partial charge in [-0.05, 0) is 41.7 Å². The number of carbonyl (C=O) groups excluding carboxylic acids is 1. The van der Waals surface area contributed by atoms with Crippen molar-refractivity contribution in [2.75, 3.05) is 39.3 Å². The molecule has 1 saturated heterocycles. The van der Waals surface area contributed by atoms with Crippen LogP contribution in [0.1, 0.15) is 23.1 Å². The normalized spacial score (nSPS) is 14.8. The molecule has 3 aromatic rings. The van der Waals surface area contributed by atoms with E-state index in [0.29, 0.717) is 25.8 Å². The molecule has 0 saturated carbocycles. The fourth-order valence-electron chi connectivity index (χ4n) is 4.38.